The molecule has 1 amide bonds. The fourth-order valence-electron chi connectivity index (χ4n) is 2.47. The van der Waals surface area contributed by atoms with Crippen molar-refractivity contribution in [2.24, 2.45) is 5.92 Å². The number of rotatable bonds is 6. The van der Waals surface area contributed by atoms with Crippen LogP contribution in [0.4, 0.5) is 5.69 Å². The van der Waals surface area contributed by atoms with Gasteiger partial charge in [-0.05, 0) is 54.7 Å². The van der Waals surface area contributed by atoms with Crippen molar-refractivity contribution in [3.63, 3.8) is 0 Å². The van der Waals surface area contributed by atoms with Crippen LogP contribution in [-0.2, 0) is 4.79 Å². The lowest BCUT2D eigenvalue weighted by atomic mass is 10.2. The summed E-state index contributed by atoms with van der Waals surface area (Å²) in [4.78, 5) is 12.2. The quantitative estimate of drug-likeness (QED) is 0.423. The number of thiocarbonyl (C=S) groups is 1. The molecule has 5 heteroatoms. The van der Waals surface area contributed by atoms with Gasteiger partial charge in [0.25, 0.3) is 0 Å². The Kier molecular flexibility index (Phi) is 5.80. The van der Waals surface area contributed by atoms with Crippen molar-refractivity contribution in [1.82, 2.24) is 10.6 Å². The van der Waals surface area contributed by atoms with Gasteiger partial charge in [-0.25, -0.2) is 0 Å². The maximum Gasteiger partial charge on any atom is 0.245 e. The van der Waals surface area contributed by atoms with Crippen molar-refractivity contribution in [3.8, 4) is 0 Å². The second kappa shape index (κ2) is 8.44. The molecule has 3 rings (SSSR count). The molecule has 3 N–H and O–H groups in total. The first-order valence-corrected chi connectivity index (χ1v) is 8.78. The molecule has 2 aromatic carbocycles. The van der Waals surface area contributed by atoms with Crippen molar-refractivity contribution >= 4 is 35.0 Å². The summed E-state index contributed by atoms with van der Waals surface area (Å²) in [6.07, 6.45) is 5.39. The Labute approximate surface area is 153 Å². The number of benzene rings is 2. The van der Waals surface area contributed by atoms with Gasteiger partial charge < -0.3 is 16.0 Å². The third kappa shape index (κ3) is 5.72. The average Bonchev–Trinajstić information content (AvgIpc) is 3.46. The Morgan fingerprint density at radius 3 is 2.28 bits per heavy atom. The molecule has 4 nitrogen and oxygen atoms in total. The SMILES string of the molecule is O=C(/C=C/c1ccccc1)NC(NC(=S)Nc1ccccc1)C1CC1. The Morgan fingerprint density at radius 2 is 1.64 bits per heavy atom. The molecule has 1 unspecified atom stereocenters. The predicted octanol–water partition coefficient (Wildman–Crippen LogP) is 3.54. The van der Waals surface area contributed by atoms with Gasteiger partial charge in [0.05, 0.1) is 0 Å². The van der Waals surface area contributed by atoms with Gasteiger partial charge in [-0.2, -0.15) is 0 Å². The molecule has 0 radical (unpaired) electrons. The summed E-state index contributed by atoms with van der Waals surface area (Å²) >= 11 is 5.36. The minimum Gasteiger partial charge on any atom is -0.342 e. The Balaban J connectivity index is 1.53. The Hall–Kier alpha value is -2.66. The number of carbonyl (C=O) groups is 1. The lowest BCUT2D eigenvalue weighted by Crippen LogP contribution is -2.50. The standard InChI is InChI=1S/C20H21N3OS/c24-18(14-11-15-7-3-1-4-8-15)22-19(16-12-13-16)23-20(25)21-17-9-5-2-6-10-17/h1-11,14,16,19H,12-13H2,(H,22,24)(H2,21,23,25)/b14-11+. The molecule has 25 heavy (non-hydrogen) atoms. The fourth-order valence-corrected chi connectivity index (χ4v) is 2.71. The third-order valence-corrected chi connectivity index (χ3v) is 4.16. The summed E-state index contributed by atoms with van der Waals surface area (Å²) in [5, 5.41) is 9.86. The van der Waals surface area contributed by atoms with E-state index in [2.05, 4.69) is 16.0 Å². The second-order valence-electron chi connectivity index (χ2n) is 6.03. The Bertz CT molecular complexity index is 742. The van der Waals surface area contributed by atoms with Crippen LogP contribution in [0.2, 0.25) is 0 Å². The highest BCUT2D eigenvalue weighted by Crippen LogP contribution is 2.31. The largest absolute Gasteiger partial charge is 0.342 e. The summed E-state index contributed by atoms with van der Waals surface area (Å²) in [5.74, 6) is 0.292. The molecule has 2 aromatic rings. The third-order valence-electron chi connectivity index (χ3n) is 3.94. The fraction of sp³-hybridized carbons (Fsp3) is 0.200. The molecule has 1 aliphatic rings. The molecular weight excluding hydrogens is 330 g/mol. The average molecular weight is 351 g/mol. The van der Waals surface area contributed by atoms with Gasteiger partial charge >= 0.3 is 0 Å². The minimum absolute atomic E-state index is 0.129. The summed E-state index contributed by atoms with van der Waals surface area (Å²) < 4.78 is 0. The molecule has 1 fully saturated rings. The summed E-state index contributed by atoms with van der Waals surface area (Å²) in [6.45, 7) is 0. The molecule has 1 atom stereocenters. The number of para-hydroxylation sites is 1. The van der Waals surface area contributed by atoms with Crippen LogP contribution < -0.4 is 16.0 Å². The van der Waals surface area contributed by atoms with E-state index in [1.165, 1.54) is 0 Å². The molecule has 0 saturated heterocycles. The van der Waals surface area contributed by atoms with E-state index in [0.29, 0.717) is 11.0 Å². The van der Waals surface area contributed by atoms with Crippen LogP contribution in [0.5, 0.6) is 0 Å². The monoisotopic (exact) mass is 351 g/mol. The van der Waals surface area contributed by atoms with Gasteiger partial charge in [0.15, 0.2) is 5.11 Å². The molecule has 1 saturated carbocycles. The van der Waals surface area contributed by atoms with Crippen LogP contribution >= 0.6 is 12.2 Å². The maximum absolute atomic E-state index is 12.2. The van der Waals surface area contributed by atoms with Crippen molar-refractivity contribution in [2.45, 2.75) is 19.0 Å². The van der Waals surface area contributed by atoms with Crippen molar-refractivity contribution in [2.75, 3.05) is 5.32 Å². The highest BCUT2D eigenvalue weighted by Gasteiger charge is 2.32. The van der Waals surface area contributed by atoms with Crippen LogP contribution in [0.15, 0.2) is 66.7 Å². The van der Waals surface area contributed by atoms with Crippen molar-refractivity contribution < 1.29 is 4.79 Å². The molecule has 0 bridgehead atoms. The first-order valence-electron chi connectivity index (χ1n) is 8.37. The van der Waals surface area contributed by atoms with E-state index < -0.39 is 0 Å². The van der Waals surface area contributed by atoms with E-state index in [4.69, 9.17) is 12.2 Å². The summed E-state index contributed by atoms with van der Waals surface area (Å²) in [7, 11) is 0. The second-order valence-corrected chi connectivity index (χ2v) is 6.44. The van der Waals surface area contributed by atoms with Crippen LogP contribution in [-0.4, -0.2) is 17.2 Å². The van der Waals surface area contributed by atoms with Gasteiger partial charge in [-0.1, -0.05) is 48.5 Å². The van der Waals surface area contributed by atoms with Gasteiger partial charge in [-0.15, -0.1) is 0 Å². The predicted molar refractivity (Wildman–Crippen MR) is 106 cm³/mol. The normalized spacial score (nSPS) is 14.7. The number of hydrogen-bond donors (Lipinski definition) is 3. The van der Waals surface area contributed by atoms with E-state index in [1.807, 2.05) is 60.7 Å². The lowest BCUT2D eigenvalue weighted by Gasteiger charge is -2.21. The zero-order valence-corrected chi connectivity index (χ0v) is 14.6. The van der Waals surface area contributed by atoms with Crippen molar-refractivity contribution in [3.05, 3.63) is 72.3 Å². The van der Waals surface area contributed by atoms with E-state index in [-0.39, 0.29) is 12.1 Å². The van der Waals surface area contributed by atoms with Gasteiger partial charge in [-0.3, -0.25) is 4.79 Å². The first kappa shape index (κ1) is 17.2. The zero-order chi connectivity index (χ0) is 17.5. The molecule has 128 valence electrons. The molecule has 0 aromatic heterocycles. The molecule has 0 heterocycles. The number of amides is 1. The number of carbonyl (C=O) groups excluding carboxylic acids is 1. The van der Waals surface area contributed by atoms with E-state index in [0.717, 1.165) is 24.1 Å². The van der Waals surface area contributed by atoms with Crippen LogP contribution in [0.25, 0.3) is 6.08 Å². The topological polar surface area (TPSA) is 53.2 Å². The summed E-state index contributed by atoms with van der Waals surface area (Å²) in [5.41, 5.74) is 1.92. The maximum atomic E-state index is 12.2. The number of hydrogen-bond acceptors (Lipinski definition) is 2. The molecular formula is C20H21N3OS. The smallest absolute Gasteiger partial charge is 0.245 e. The number of nitrogens with one attached hydrogen (secondary N) is 3. The van der Waals surface area contributed by atoms with Crippen molar-refractivity contribution in [1.29, 1.82) is 0 Å². The van der Waals surface area contributed by atoms with E-state index >= 15 is 0 Å². The minimum atomic E-state index is -0.156. The Morgan fingerprint density at radius 1 is 1.00 bits per heavy atom. The highest BCUT2D eigenvalue weighted by atomic mass is 32.1. The van der Waals surface area contributed by atoms with Crippen LogP contribution in [0.1, 0.15) is 18.4 Å². The highest BCUT2D eigenvalue weighted by molar-refractivity contribution is 7.80. The van der Waals surface area contributed by atoms with Gasteiger partial charge in [0.2, 0.25) is 5.91 Å². The molecule has 0 aliphatic heterocycles. The lowest BCUT2D eigenvalue weighted by molar-refractivity contribution is -0.117. The molecule has 1 aliphatic carbocycles. The van der Waals surface area contributed by atoms with Crippen LogP contribution in [0.3, 0.4) is 0 Å². The van der Waals surface area contributed by atoms with E-state index in [1.54, 1.807) is 12.2 Å². The van der Waals surface area contributed by atoms with E-state index in [9.17, 15) is 4.79 Å². The number of anilines is 1. The van der Waals surface area contributed by atoms with Gasteiger partial charge in [0, 0.05) is 11.8 Å². The zero-order valence-electron chi connectivity index (χ0n) is 13.8. The van der Waals surface area contributed by atoms with Gasteiger partial charge in [0.1, 0.15) is 6.17 Å². The summed E-state index contributed by atoms with van der Waals surface area (Å²) in [6, 6.07) is 19.5. The molecule has 0 spiro atoms. The first-order chi connectivity index (χ1) is 12.2. The van der Waals surface area contributed by atoms with Crippen LogP contribution in [0, 0.1) is 5.92 Å².